The summed E-state index contributed by atoms with van der Waals surface area (Å²) in [6, 6.07) is 7.83. The second kappa shape index (κ2) is 4.41. The average molecular weight is 258 g/mol. The van der Waals surface area contributed by atoms with E-state index in [9.17, 15) is 13.2 Å². The van der Waals surface area contributed by atoms with E-state index in [1.165, 1.54) is 12.1 Å². The summed E-state index contributed by atoms with van der Waals surface area (Å²) in [6.45, 7) is 1.97. The van der Waals surface area contributed by atoms with Crippen molar-refractivity contribution in [2.45, 2.75) is 13.3 Å². The van der Waals surface area contributed by atoms with E-state index >= 15 is 0 Å². The van der Waals surface area contributed by atoms with Gasteiger partial charge in [0.15, 0.2) is 0 Å². The molecule has 2 rings (SSSR count). The van der Waals surface area contributed by atoms with Crippen LogP contribution in [0, 0.1) is 6.92 Å². The minimum atomic E-state index is -4.64. The quantitative estimate of drug-likeness (QED) is 0.763. The molecule has 0 amide bonds. The highest BCUT2D eigenvalue weighted by Gasteiger charge is 2.30. The van der Waals surface area contributed by atoms with Crippen LogP contribution in [0.2, 0.25) is 0 Å². The van der Waals surface area contributed by atoms with Crippen molar-refractivity contribution in [2.24, 2.45) is 0 Å². The van der Waals surface area contributed by atoms with E-state index in [2.05, 4.69) is 4.74 Å². The van der Waals surface area contributed by atoms with Crippen LogP contribution in [-0.4, -0.2) is 6.36 Å². The predicted octanol–water partition coefficient (Wildman–Crippen LogP) is 4.62. The van der Waals surface area contributed by atoms with Crippen molar-refractivity contribution in [1.29, 1.82) is 0 Å². The molecule has 0 radical (unpaired) electrons. The maximum atomic E-state index is 12.0. The third-order valence-corrected chi connectivity index (χ3v) is 3.10. The van der Waals surface area contributed by atoms with Crippen molar-refractivity contribution < 1.29 is 17.9 Å². The molecule has 1 heterocycles. The Balaban J connectivity index is 2.22. The van der Waals surface area contributed by atoms with Crippen molar-refractivity contribution in [2.75, 3.05) is 0 Å². The van der Waals surface area contributed by atoms with Crippen molar-refractivity contribution in [3.8, 4) is 16.9 Å². The van der Waals surface area contributed by atoms with E-state index in [4.69, 9.17) is 0 Å². The first-order valence-electron chi connectivity index (χ1n) is 4.86. The Morgan fingerprint density at radius 3 is 2.18 bits per heavy atom. The van der Waals surface area contributed by atoms with Gasteiger partial charge < -0.3 is 4.74 Å². The Hall–Kier alpha value is -1.49. The third kappa shape index (κ3) is 3.00. The van der Waals surface area contributed by atoms with Crippen LogP contribution >= 0.6 is 11.3 Å². The second-order valence-electron chi connectivity index (χ2n) is 3.46. The van der Waals surface area contributed by atoms with E-state index in [1.807, 2.05) is 18.4 Å². The summed E-state index contributed by atoms with van der Waals surface area (Å²) in [5.41, 5.74) is 1.92. The van der Waals surface area contributed by atoms with Crippen LogP contribution in [-0.2, 0) is 0 Å². The molecule has 0 aliphatic rings. The van der Waals surface area contributed by atoms with Crippen molar-refractivity contribution in [1.82, 2.24) is 0 Å². The van der Waals surface area contributed by atoms with Crippen LogP contribution in [0.15, 0.2) is 35.7 Å². The van der Waals surface area contributed by atoms with Crippen LogP contribution in [0.3, 0.4) is 0 Å². The van der Waals surface area contributed by atoms with Gasteiger partial charge in [0.25, 0.3) is 0 Å². The minimum absolute atomic E-state index is 0.200. The monoisotopic (exact) mass is 258 g/mol. The lowest BCUT2D eigenvalue weighted by Gasteiger charge is -2.09. The van der Waals surface area contributed by atoms with Crippen molar-refractivity contribution in [3.05, 3.63) is 40.6 Å². The van der Waals surface area contributed by atoms with Crippen LogP contribution < -0.4 is 4.74 Å². The van der Waals surface area contributed by atoms with E-state index < -0.39 is 6.36 Å². The molecule has 0 saturated carbocycles. The van der Waals surface area contributed by atoms with Gasteiger partial charge in [-0.25, -0.2) is 0 Å². The first-order chi connectivity index (χ1) is 7.96. The summed E-state index contributed by atoms with van der Waals surface area (Å²) in [7, 11) is 0. The lowest BCUT2D eigenvalue weighted by molar-refractivity contribution is -0.274. The maximum Gasteiger partial charge on any atom is 0.573 e. The molecule has 0 aliphatic carbocycles. The third-order valence-electron chi connectivity index (χ3n) is 2.26. The van der Waals surface area contributed by atoms with E-state index in [1.54, 1.807) is 23.5 Å². The Morgan fingerprint density at radius 2 is 1.71 bits per heavy atom. The van der Waals surface area contributed by atoms with Crippen molar-refractivity contribution >= 4 is 11.3 Å². The fourth-order valence-electron chi connectivity index (χ4n) is 1.52. The second-order valence-corrected chi connectivity index (χ2v) is 4.58. The zero-order valence-electron chi connectivity index (χ0n) is 8.91. The van der Waals surface area contributed by atoms with Gasteiger partial charge in [-0.1, -0.05) is 12.1 Å². The standard InChI is InChI=1S/C12H9F3OS/c1-8-11(6-7-17-8)9-2-4-10(5-3-9)16-12(13,14)15/h2-7H,1H3. The molecule has 17 heavy (non-hydrogen) atoms. The molecule has 5 heteroatoms. The average Bonchev–Trinajstić information content (AvgIpc) is 2.63. The van der Waals surface area contributed by atoms with Crippen LogP contribution in [0.5, 0.6) is 5.75 Å². The molecule has 0 spiro atoms. The number of alkyl halides is 3. The molecule has 1 nitrogen and oxygen atoms in total. The highest BCUT2D eigenvalue weighted by Crippen LogP contribution is 2.30. The molecule has 0 fully saturated rings. The molecule has 0 N–H and O–H groups in total. The number of rotatable bonds is 2. The maximum absolute atomic E-state index is 12.0. The summed E-state index contributed by atoms with van der Waals surface area (Å²) in [4.78, 5) is 1.13. The number of aryl methyl sites for hydroxylation is 1. The fraction of sp³-hybridized carbons (Fsp3) is 0.167. The van der Waals surface area contributed by atoms with Gasteiger partial charge in [-0.2, -0.15) is 0 Å². The molecule has 0 unspecified atom stereocenters. The molecule has 2 aromatic rings. The van der Waals surface area contributed by atoms with Gasteiger partial charge in [0, 0.05) is 4.88 Å². The first kappa shape index (κ1) is 12.0. The van der Waals surface area contributed by atoms with Gasteiger partial charge in [0.05, 0.1) is 0 Å². The van der Waals surface area contributed by atoms with Gasteiger partial charge in [0.1, 0.15) is 5.75 Å². The highest BCUT2D eigenvalue weighted by atomic mass is 32.1. The predicted molar refractivity (Wildman–Crippen MR) is 61.2 cm³/mol. The Labute approximate surface area is 100 Å². The molecular formula is C12H9F3OS. The summed E-state index contributed by atoms with van der Waals surface area (Å²) >= 11 is 1.60. The van der Waals surface area contributed by atoms with E-state index in [0.717, 1.165) is 16.0 Å². The molecule has 90 valence electrons. The van der Waals surface area contributed by atoms with Crippen LogP contribution in [0.25, 0.3) is 11.1 Å². The summed E-state index contributed by atoms with van der Waals surface area (Å²) in [6.07, 6.45) is -4.64. The molecule has 1 aromatic carbocycles. The summed E-state index contributed by atoms with van der Waals surface area (Å²) in [5, 5.41) is 1.95. The lowest BCUT2D eigenvalue weighted by atomic mass is 10.1. The molecule has 1 aromatic heterocycles. The SMILES string of the molecule is Cc1sccc1-c1ccc(OC(F)(F)F)cc1. The van der Waals surface area contributed by atoms with Gasteiger partial charge in [0.2, 0.25) is 0 Å². The van der Waals surface area contributed by atoms with Gasteiger partial charge in [-0.05, 0) is 41.6 Å². The lowest BCUT2D eigenvalue weighted by Crippen LogP contribution is -2.16. The summed E-state index contributed by atoms with van der Waals surface area (Å²) in [5.74, 6) is -0.200. The first-order valence-corrected chi connectivity index (χ1v) is 5.74. The summed E-state index contributed by atoms with van der Waals surface area (Å²) < 4.78 is 39.7. The Morgan fingerprint density at radius 1 is 1.06 bits per heavy atom. The molecule has 0 atom stereocenters. The fourth-order valence-corrected chi connectivity index (χ4v) is 2.24. The smallest absolute Gasteiger partial charge is 0.406 e. The largest absolute Gasteiger partial charge is 0.573 e. The zero-order valence-corrected chi connectivity index (χ0v) is 9.73. The molecule has 0 bridgehead atoms. The van der Waals surface area contributed by atoms with Gasteiger partial charge in [-0.3, -0.25) is 0 Å². The number of ether oxygens (including phenoxy) is 1. The van der Waals surface area contributed by atoms with Gasteiger partial charge in [-0.15, -0.1) is 24.5 Å². The number of hydrogen-bond acceptors (Lipinski definition) is 2. The van der Waals surface area contributed by atoms with Crippen molar-refractivity contribution in [3.63, 3.8) is 0 Å². The van der Waals surface area contributed by atoms with Crippen LogP contribution in [0.1, 0.15) is 4.88 Å². The van der Waals surface area contributed by atoms with E-state index in [0.29, 0.717) is 0 Å². The zero-order chi connectivity index (χ0) is 12.5. The Kier molecular flexibility index (Phi) is 3.11. The Bertz CT molecular complexity index is 499. The minimum Gasteiger partial charge on any atom is -0.406 e. The van der Waals surface area contributed by atoms with Gasteiger partial charge >= 0.3 is 6.36 Å². The van der Waals surface area contributed by atoms with Crippen LogP contribution in [0.4, 0.5) is 13.2 Å². The molecule has 0 aliphatic heterocycles. The topological polar surface area (TPSA) is 9.23 Å². The number of hydrogen-bond donors (Lipinski definition) is 0. The highest BCUT2D eigenvalue weighted by molar-refractivity contribution is 7.10. The molecular weight excluding hydrogens is 249 g/mol. The number of thiophene rings is 1. The molecule has 0 saturated heterocycles. The number of halogens is 3. The normalized spacial score (nSPS) is 11.5. The van der Waals surface area contributed by atoms with E-state index in [-0.39, 0.29) is 5.75 Å². The number of benzene rings is 1.